The molecule has 0 heterocycles. The van der Waals surface area contributed by atoms with Gasteiger partial charge in [-0.15, -0.1) is 0 Å². The summed E-state index contributed by atoms with van der Waals surface area (Å²) >= 11 is 0. The molecule has 0 aliphatic heterocycles. The second-order valence-electron chi connectivity index (χ2n) is 5.10. The highest BCUT2D eigenvalue weighted by atomic mass is 32.2. The van der Waals surface area contributed by atoms with Crippen molar-refractivity contribution in [3.8, 4) is 0 Å². The lowest BCUT2D eigenvalue weighted by atomic mass is 10.2. The van der Waals surface area contributed by atoms with E-state index in [-0.39, 0.29) is 34.6 Å². The molecule has 0 aliphatic carbocycles. The summed E-state index contributed by atoms with van der Waals surface area (Å²) in [6.45, 7) is 5.62. The minimum Gasteiger partial charge on any atom is -0.354 e. The molecule has 0 radical (unpaired) electrons. The Morgan fingerprint density at radius 1 is 1.09 bits per heavy atom. The average molecular weight is 326 g/mol. The van der Waals surface area contributed by atoms with Gasteiger partial charge in [0.1, 0.15) is 0 Å². The van der Waals surface area contributed by atoms with Crippen LogP contribution in [0.25, 0.3) is 0 Å². The van der Waals surface area contributed by atoms with Crippen molar-refractivity contribution in [1.82, 2.24) is 10.6 Å². The fraction of sp³-hybridized carbons (Fsp3) is 0.467. The molecule has 0 aliphatic rings. The molecule has 122 valence electrons. The van der Waals surface area contributed by atoms with Crippen LogP contribution in [0.4, 0.5) is 0 Å². The smallest absolute Gasteiger partial charge is 0.252 e. The van der Waals surface area contributed by atoms with Crippen LogP contribution in [0, 0.1) is 5.92 Å². The molecule has 22 heavy (non-hydrogen) atoms. The highest BCUT2D eigenvalue weighted by Gasteiger charge is 2.20. The lowest BCUT2D eigenvalue weighted by Crippen LogP contribution is -2.36. The van der Waals surface area contributed by atoms with Gasteiger partial charge in [-0.05, 0) is 12.1 Å². The fourth-order valence-electron chi connectivity index (χ4n) is 1.74. The van der Waals surface area contributed by atoms with Gasteiger partial charge in [0.2, 0.25) is 5.91 Å². The molecule has 0 atom stereocenters. The number of nitrogens with one attached hydrogen (secondary N) is 2. The lowest BCUT2D eigenvalue weighted by molar-refractivity contribution is -0.123. The van der Waals surface area contributed by atoms with Crippen LogP contribution in [0.2, 0.25) is 0 Å². The molecular weight excluding hydrogens is 304 g/mol. The Morgan fingerprint density at radius 3 is 2.27 bits per heavy atom. The summed E-state index contributed by atoms with van der Waals surface area (Å²) in [7, 11) is -3.46. The summed E-state index contributed by atoms with van der Waals surface area (Å²) in [6, 6.07) is 6.10. The quantitative estimate of drug-likeness (QED) is 0.731. The molecule has 0 aromatic heterocycles. The Kier molecular flexibility index (Phi) is 6.55. The number of carbonyl (C=O) groups excluding carboxylic acids is 2. The molecule has 0 saturated carbocycles. The zero-order valence-electron chi connectivity index (χ0n) is 13.0. The summed E-state index contributed by atoms with van der Waals surface area (Å²) in [6.07, 6.45) is 0. The van der Waals surface area contributed by atoms with Gasteiger partial charge >= 0.3 is 0 Å². The van der Waals surface area contributed by atoms with Gasteiger partial charge in [0, 0.05) is 19.0 Å². The molecule has 6 nitrogen and oxygen atoms in total. The Hall–Kier alpha value is -1.89. The number of benzene rings is 1. The first-order chi connectivity index (χ1) is 10.3. The van der Waals surface area contributed by atoms with E-state index >= 15 is 0 Å². The third-order valence-electron chi connectivity index (χ3n) is 3.08. The van der Waals surface area contributed by atoms with Crippen LogP contribution in [-0.4, -0.2) is 39.1 Å². The van der Waals surface area contributed by atoms with E-state index in [1.165, 1.54) is 19.1 Å². The van der Waals surface area contributed by atoms with Crippen molar-refractivity contribution >= 4 is 21.7 Å². The first kappa shape index (κ1) is 18.2. The number of hydrogen-bond donors (Lipinski definition) is 2. The zero-order chi connectivity index (χ0) is 16.8. The van der Waals surface area contributed by atoms with Gasteiger partial charge in [-0.1, -0.05) is 32.9 Å². The molecule has 1 rings (SSSR count). The van der Waals surface area contributed by atoms with Crippen molar-refractivity contribution in [3.63, 3.8) is 0 Å². The molecular formula is C15H22N2O4S. The van der Waals surface area contributed by atoms with Gasteiger partial charge in [-0.3, -0.25) is 9.59 Å². The summed E-state index contributed by atoms with van der Waals surface area (Å²) in [4.78, 5) is 23.5. The van der Waals surface area contributed by atoms with Crippen LogP contribution in [0.3, 0.4) is 0 Å². The molecule has 1 aromatic rings. The largest absolute Gasteiger partial charge is 0.354 e. The van der Waals surface area contributed by atoms with Gasteiger partial charge in [0.25, 0.3) is 5.91 Å². The van der Waals surface area contributed by atoms with E-state index in [4.69, 9.17) is 0 Å². The molecule has 2 N–H and O–H groups in total. The fourth-order valence-corrected chi connectivity index (χ4v) is 2.83. The topological polar surface area (TPSA) is 92.3 Å². The third-order valence-corrected chi connectivity index (χ3v) is 4.87. The summed E-state index contributed by atoms with van der Waals surface area (Å²) < 4.78 is 24.0. The van der Waals surface area contributed by atoms with Crippen molar-refractivity contribution in [1.29, 1.82) is 0 Å². The molecule has 1 aromatic carbocycles. The number of amides is 2. The highest BCUT2D eigenvalue weighted by molar-refractivity contribution is 7.91. The minimum absolute atomic E-state index is 0.0289. The van der Waals surface area contributed by atoms with Crippen LogP contribution < -0.4 is 10.6 Å². The SMILES string of the molecule is CCS(=O)(=O)c1ccccc1C(=O)NCCNC(=O)C(C)C. The van der Waals surface area contributed by atoms with Gasteiger partial charge in [-0.2, -0.15) is 0 Å². The van der Waals surface area contributed by atoms with Gasteiger partial charge in [-0.25, -0.2) is 8.42 Å². The lowest BCUT2D eigenvalue weighted by Gasteiger charge is -2.11. The molecule has 0 spiro atoms. The Balaban J connectivity index is 2.70. The number of hydrogen-bond acceptors (Lipinski definition) is 4. The van der Waals surface area contributed by atoms with Gasteiger partial charge < -0.3 is 10.6 Å². The van der Waals surface area contributed by atoms with Crippen molar-refractivity contribution in [2.24, 2.45) is 5.92 Å². The van der Waals surface area contributed by atoms with E-state index in [1.807, 2.05) is 0 Å². The van der Waals surface area contributed by atoms with Crippen molar-refractivity contribution in [2.45, 2.75) is 25.7 Å². The minimum atomic E-state index is -3.46. The molecule has 0 unspecified atom stereocenters. The first-order valence-corrected chi connectivity index (χ1v) is 8.82. The molecule has 0 bridgehead atoms. The van der Waals surface area contributed by atoms with E-state index in [0.717, 1.165) is 0 Å². The highest BCUT2D eigenvalue weighted by Crippen LogP contribution is 2.16. The van der Waals surface area contributed by atoms with Crippen LogP contribution in [0.5, 0.6) is 0 Å². The average Bonchev–Trinajstić information content (AvgIpc) is 2.50. The molecule has 7 heteroatoms. The number of rotatable bonds is 7. The van der Waals surface area contributed by atoms with E-state index in [0.29, 0.717) is 6.54 Å². The number of sulfone groups is 1. The van der Waals surface area contributed by atoms with Crippen LogP contribution >= 0.6 is 0 Å². The Morgan fingerprint density at radius 2 is 1.68 bits per heavy atom. The predicted molar refractivity (Wildman–Crippen MR) is 84.3 cm³/mol. The molecule has 2 amide bonds. The van der Waals surface area contributed by atoms with Gasteiger partial charge in [0.15, 0.2) is 9.84 Å². The monoisotopic (exact) mass is 326 g/mol. The second kappa shape index (κ2) is 7.93. The summed E-state index contributed by atoms with van der Waals surface area (Å²) in [5.74, 6) is -0.748. The molecule has 0 saturated heterocycles. The Bertz CT molecular complexity index is 639. The van der Waals surface area contributed by atoms with E-state index in [1.54, 1.807) is 26.0 Å². The zero-order valence-corrected chi connectivity index (χ0v) is 13.9. The third kappa shape index (κ3) is 4.84. The van der Waals surface area contributed by atoms with Crippen molar-refractivity contribution in [3.05, 3.63) is 29.8 Å². The molecule has 0 fully saturated rings. The first-order valence-electron chi connectivity index (χ1n) is 7.17. The normalized spacial score (nSPS) is 11.3. The maximum absolute atomic E-state index is 12.1. The van der Waals surface area contributed by atoms with E-state index in [2.05, 4.69) is 10.6 Å². The standard InChI is InChI=1S/C15H22N2O4S/c1-4-22(20,21)13-8-6-5-7-12(13)15(19)17-10-9-16-14(18)11(2)3/h5-8,11H,4,9-10H2,1-3H3,(H,16,18)(H,17,19). The van der Waals surface area contributed by atoms with Crippen molar-refractivity contribution in [2.75, 3.05) is 18.8 Å². The maximum atomic E-state index is 12.1. The van der Waals surface area contributed by atoms with E-state index < -0.39 is 15.7 Å². The maximum Gasteiger partial charge on any atom is 0.252 e. The van der Waals surface area contributed by atoms with Crippen LogP contribution in [-0.2, 0) is 14.6 Å². The Labute approximate surface area is 131 Å². The summed E-state index contributed by atoms with van der Waals surface area (Å²) in [5.41, 5.74) is 0.125. The van der Waals surface area contributed by atoms with Crippen LogP contribution in [0.15, 0.2) is 29.2 Å². The summed E-state index contributed by atoms with van der Waals surface area (Å²) in [5, 5.41) is 5.28. The van der Waals surface area contributed by atoms with Gasteiger partial charge in [0.05, 0.1) is 16.2 Å². The van der Waals surface area contributed by atoms with E-state index in [9.17, 15) is 18.0 Å². The predicted octanol–water partition coefficient (Wildman–Crippen LogP) is 0.982. The van der Waals surface area contributed by atoms with Crippen molar-refractivity contribution < 1.29 is 18.0 Å². The van der Waals surface area contributed by atoms with Crippen LogP contribution in [0.1, 0.15) is 31.1 Å². The second-order valence-corrected chi connectivity index (χ2v) is 7.35. The number of carbonyl (C=O) groups is 2.